The molecular formula is C23H24N2O5. The van der Waals surface area contributed by atoms with E-state index in [2.05, 4.69) is 29.6 Å². The number of likely N-dealkylation sites (tertiary alicyclic amines) is 1. The number of ether oxygens (including phenoxy) is 1. The fraction of sp³-hybridized carbons (Fsp3) is 0.348. The average molecular weight is 408 g/mol. The Hall–Kier alpha value is -3.35. The third-order valence-corrected chi connectivity index (χ3v) is 5.80. The summed E-state index contributed by atoms with van der Waals surface area (Å²) in [7, 11) is 0. The van der Waals surface area contributed by atoms with Gasteiger partial charge in [-0.1, -0.05) is 48.5 Å². The fourth-order valence-electron chi connectivity index (χ4n) is 4.19. The second-order valence-electron chi connectivity index (χ2n) is 7.78. The minimum Gasteiger partial charge on any atom is -0.481 e. The van der Waals surface area contributed by atoms with Crippen LogP contribution in [0.3, 0.4) is 0 Å². The molecule has 0 saturated carbocycles. The van der Waals surface area contributed by atoms with E-state index in [0.29, 0.717) is 19.5 Å². The summed E-state index contributed by atoms with van der Waals surface area (Å²) >= 11 is 0. The molecule has 2 amide bonds. The Morgan fingerprint density at radius 1 is 1.00 bits per heavy atom. The van der Waals surface area contributed by atoms with Gasteiger partial charge in [-0.3, -0.25) is 9.59 Å². The zero-order valence-corrected chi connectivity index (χ0v) is 16.5. The van der Waals surface area contributed by atoms with Gasteiger partial charge in [0, 0.05) is 25.4 Å². The summed E-state index contributed by atoms with van der Waals surface area (Å²) in [6.07, 6.45) is 0.0667. The second-order valence-corrected chi connectivity index (χ2v) is 7.78. The van der Waals surface area contributed by atoms with E-state index < -0.39 is 12.1 Å². The van der Waals surface area contributed by atoms with Crippen molar-refractivity contribution in [3.63, 3.8) is 0 Å². The molecule has 0 bridgehead atoms. The number of nitrogens with zero attached hydrogens (tertiary/aromatic N) is 1. The van der Waals surface area contributed by atoms with Crippen molar-refractivity contribution in [3.05, 3.63) is 59.7 Å². The van der Waals surface area contributed by atoms with Gasteiger partial charge in [0.25, 0.3) is 0 Å². The van der Waals surface area contributed by atoms with Crippen molar-refractivity contribution < 1.29 is 24.2 Å². The molecule has 0 atom stereocenters. The number of aliphatic carboxylic acids is 1. The van der Waals surface area contributed by atoms with Crippen LogP contribution in [0.2, 0.25) is 0 Å². The molecular weight excluding hydrogens is 384 g/mol. The number of carboxylic acids is 1. The van der Waals surface area contributed by atoms with E-state index in [1.807, 2.05) is 24.3 Å². The van der Waals surface area contributed by atoms with E-state index in [0.717, 1.165) is 22.3 Å². The summed E-state index contributed by atoms with van der Waals surface area (Å²) in [5, 5.41) is 11.2. The summed E-state index contributed by atoms with van der Waals surface area (Å²) < 4.78 is 5.42. The van der Waals surface area contributed by atoms with Gasteiger partial charge >= 0.3 is 12.1 Å². The van der Waals surface area contributed by atoms with Crippen molar-refractivity contribution in [2.75, 3.05) is 26.2 Å². The van der Waals surface area contributed by atoms with Gasteiger partial charge in [0.15, 0.2) is 0 Å². The van der Waals surface area contributed by atoms with Crippen LogP contribution in [0.5, 0.6) is 0 Å². The van der Waals surface area contributed by atoms with E-state index in [9.17, 15) is 14.4 Å². The highest BCUT2D eigenvalue weighted by atomic mass is 16.5. The Morgan fingerprint density at radius 3 is 2.20 bits per heavy atom. The molecule has 0 radical (unpaired) electrons. The molecule has 2 aromatic rings. The number of hydrogen-bond donors (Lipinski definition) is 2. The molecule has 0 spiro atoms. The normalized spacial score (nSPS) is 15.1. The maximum Gasteiger partial charge on any atom is 0.407 e. The summed E-state index contributed by atoms with van der Waals surface area (Å²) in [5.74, 6) is -0.810. The van der Waals surface area contributed by atoms with Crippen LogP contribution in [0.25, 0.3) is 11.1 Å². The van der Waals surface area contributed by atoms with Crippen LogP contribution in [0.4, 0.5) is 4.79 Å². The highest BCUT2D eigenvalue weighted by Crippen LogP contribution is 2.44. The minimum absolute atomic E-state index is 0.0239. The number of rotatable bonds is 7. The molecule has 2 N–H and O–H groups in total. The Balaban J connectivity index is 1.24. The predicted octanol–water partition coefficient (Wildman–Crippen LogP) is 2.85. The van der Waals surface area contributed by atoms with E-state index in [-0.39, 0.29) is 37.3 Å². The van der Waals surface area contributed by atoms with Gasteiger partial charge in [-0.2, -0.15) is 0 Å². The molecule has 1 saturated heterocycles. The maximum absolute atomic E-state index is 12.1. The molecule has 0 aromatic heterocycles. The average Bonchev–Trinajstić information content (AvgIpc) is 3.03. The van der Waals surface area contributed by atoms with Crippen LogP contribution in [0, 0.1) is 5.92 Å². The molecule has 7 heteroatoms. The second kappa shape index (κ2) is 8.57. The van der Waals surface area contributed by atoms with E-state index >= 15 is 0 Å². The van der Waals surface area contributed by atoms with Gasteiger partial charge in [0.1, 0.15) is 13.2 Å². The largest absolute Gasteiger partial charge is 0.481 e. The first kappa shape index (κ1) is 19.9. The number of carboxylic acid groups (broad SMARTS) is 1. The number of hydrogen-bond acceptors (Lipinski definition) is 4. The molecule has 1 fully saturated rings. The number of benzene rings is 2. The summed E-state index contributed by atoms with van der Waals surface area (Å²) in [6.45, 7) is 1.16. The van der Waals surface area contributed by atoms with Gasteiger partial charge < -0.3 is 20.1 Å². The summed E-state index contributed by atoms with van der Waals surface area (Å²) in [4.78, 5) is 36.5. The fourth-order valence-corrected chi connectivity index (χ4v) is 4.19. The number of carbonyl (C=O) groups excluding carboxylic acids is 2. The zero-order valence-electron chi connectivity index (χ0n) is 16.5. The third-order valence-electron chi connectivity index (χ3n) is 5.80. The van der Waals surface area contributed by atoms with Crippen molar-refractivity contribution in [1.29, 1.82) is 0 Å². The highest BCUT2D eigenvalue weighted by Gasteiger charge is 2.31. The summed E-state index contributed by atoms with van der Waals surface area (Å²) in [6, 6.07) is 16.2. The van der Waals surface area contributed by atoms with Crippen LogP contribution in [0.15, 0.2) is 48.5 Å². The molecule has 2 aromatic carbocycles. The van der Waals surface area contributed by atoms with Crippen LogP contribution in [0.1, 0.15) is 29.9 Å². The predicted molar refractivity (Wildman–Crippen MR) is 110 cm³/mol. The first-order valence-corrected chi connectivity index (χ1v) is 10.1. The monoisotopic (exact) mass is 408 g/mol. The summed E-state index contributed by atoms with van der Waals surface area (Å²) in [5.41, 5.74) is 4.59. The van der Waals surface area contributed by atoms with Crippen molar-refractivity contribution in [2.24, 2.45) is 5.92 Å². The molecule has 30 heavy (non-hydrogen) atoms. The van der Waals surface area contributed by atoms with Crippen LogP contribution in [-0.2, 0) is 14.3 Å². The number of fused-ring (bicyclic) bond motifs is 3. The molecule has 2 aliphatic rings. The van der Waals surface area contributed by atoms with Crippen molar-refractivity contribution in [3.8, 4) is 11.1 Å². The molecule has 156 valence electrons. The first-order valence-electron chi connectivity index (χ1n) is 10.1. The molecule has 7 nitrogen and oxygen atoms in total. The lowest BCUT2D eigenvalue weighted by Crippen LogP contribution is -2.53. The quantitative estimate of drug-likeness (QED) is 0.735. The molecule has 1 aliphatic carbocycles. The lowest BCUT2D eigenvalue weighted by molar-refractivity contribution is -0.139. The molecule has 4 rings (SSSR count). The van der Waals surface area contributed by atoms with Crippen molar-refractivity contribution in [1.82, 2.24) is 10.2 Å². The van der Waals surface area contributed by atoms with E-state index in [4.69, 9.17) is 9.84 Å². The first-order chi connectivity index (χ1) is 14.5. The Kier molecular flexibility index (Phi) is 5.70. The smallest absolute Gasteiger partial charge is 0.407 e. The van der Waals surface area contributed by atoms with Gasteiger partial charge in [-0.25, -0.2) is 4.79 Å². The maximum atomic E-state index is 12.1. The van der Waals surface area contributed by atoms with Crippen molar-refractivity contribution >= 4 is 18.0 Å². The highest BCUT2D eigenvalue weighted by molar-refractivity contribution is 5.83. The number of nitrogens with one attached hydrogen (secondary N) is 1. The SMILES string of the molecule is O=C(O)CCC1CN(C(=O)CNC(=O)OCC2c3ccccc3-c3ccccc32)C1. The van der Waals surface area contributed by atoms with Gasteiger partial charge in [-0.15, -0.1) is 0 Å². The Labute approximate surface area is 174 Å². The van der Waals surface area contributed by atoms with Gasteiger partial charge in [0.2, 0.25) is 5.91 Å². The third kappa shape index (κ3) is 4.15. The standard InChI is InChI=1S/C23H24N2O5/c26-21(25-12-15(13-25)9-10-22(27)28)11-24-23(29)30-14-20-18-7-3-1-5-16(18)17-6-2-4-8-19(17)20/h1-8,15,20H,9-14H2,(H,24,29)(H,27,28). The van der Waals surface area contributed by atoms with E-state index in [1.165, 1.54) is 0 Å². The van der Waals surface area contributed by atoms with Gasteiger partial charge in [0.05, 0.1) is 0 Å². The molecule has 1 aliphatic heterocycles. The Morgan fingerprint density at radius 2 is 1.60 bits per heavy atom. The number of carbonyl (C=O) groups is 3. The van der Waals surface area contributed by atoms with Crippen LogP contribution < -0.4 is 5.32 Å². The van der Waals surface area contributed by atoms with Crippen LogP contribution >= 0.6 is 0 Å². The van der Waals surface area contributed by atoms with E-state index in [1.54, 1.807) is 4.90 Å². The minimum atomic E-state index is -0.823. The van der Waals surface area contributed by atoms with Gasteiger partial charge in [-0.05, 0) is 34.6 Å². The topological polar surface area (TPSA) is 95.9 Å². The van der Waals surface area contributed by atoms with Crippen LogP contribution in [-0.4, -0.2) is 54.2 Å². The zero-order chi connectivity index (χ0) is 21.1. The Bertz CT molecular complexity index is 922. The molecule has 0 unspecified atom stereocenters. The lowest BCUT2D eigenvalue weighted by Gasteiger charge is -2.39. The number of alkyl carbamates (subject to hydrolysis) is 1. The number of amides is 2. The lowest BCUT2D eigenvalue weighted by atomic mass is 9.94. The molecule has 1 heterocycles. The van der Waals surface area contributed by atoms with Crippen molar-refractivity contribution in [2.45, 2.75) is 18.8 Å².